The fourth-order valence-corrected chi connectivity index (χ4v) is 2.34. The molecule has 98 valence electrons. The van der Waals surface area contributed by atoms with Gasteiger partial charge in [-0.25, -0.2) is 0 Å². The molecule has 1 saturated heterocycles. The van der Waals surface area contributed by atoms with Crippen LogP contribution in [0, 0.1) is 0 Å². The van der Waals surface area contributed by atoms with E-state index in [1.54, 1.807) is 18.2 Å². The number of carbonyl (C=O) groups is 1. The number of hydrogen-bond acceptors (Lipinski definition) is 3. The van der Waals surface area contributed by atoms with Crippen LogP contribution < -0.4 is 5.32 Å². The molecule has 3 nitrogen and oxygen atoms in total. The monoisotopic (exact) mass is 287 g/mol. The van der Waals surface area contributed by atoms with Gasteiger partial charge in [0, 0.05) is 10.6 Å². The average molecular weight is 288 g/mol. The lowest BCUT2D eigenvalue weighted by Crippen LogP contribution is -2.33. The second kappa shape index (κ2) is 6.53. The van der Waals surface area contributed by atoms with E-state index in [-0.39, 0.29) is 18.5 Å². The van der Waals surface area contributed by atoms with Crippen LogP contribution in [0.25, 0.3) is 0 Å². The van der Waals surface area contributed by atoms with Crippen molar-refractivity contribution in [3.8, 4) is 0 Å². The minimum Gasteiger partial charge on any atom is -0.370 e. The number of carbonyl (C=O) groups excluding carboxylic acids is 1. The molecule has 1 aliphatic rings. The van der Waals surface area contributed by atoms with Crippen LogP contribution in [0.4, 0.5) is 0 Å². The molecule has 0 aromatic heterocycles. The number of Topliss-reactive ketones (excluding diaryl/α,β-unsaturated/α-hetero) is 1. The van der Waals surface area contributed by atoms with Gasteiger partial charge >= 0.3 is 0 Å². The lowest BCUT2D eigenvalue weighted by atomic mass is 10.1. The second-order valence-corrected chi connectivity index (χ2v) is 5.15. The van der Waals surface area contributed by atoms with Crippen molar-refractivity contribution in [3.05, 3.63) is 33.8 Å². The van der Waals surface area contributed by atoms with E-state index in [2.05, 4.69) is 5.32 Å². The molecule has 18 heavy (non-hydrogen) atoms. The molecular formula is C13H15Cl2NO2. The summed E-state index contributed by atoms with van der Waals surface area (Å²) in [6.07, 6.45) is 2.04. The maximum Gasteiger partial charge on any atom is 0.190 e. The molecule has 0 aliphatic carbocycles. The molecule has 5 heteroatoms. The zero-order valence-corrected chi connectivity index (χ0v) is 11.4. The quantitative estimate of drug-likeness (QED) is 0.866. The summed E-state index contributed by atoms with van der Waals surface area (Å²) in [6, 6.07) is 4.87. The van der Waals surface area contributed by atoms with Crippen LogP contribution in [0.2, 0.25) is 10.0 Å². The fraction of sp³-hybridized carbons (Fsp3) is 0.462. The van der Waals surface area contributed by atoms with Gasteiger partial charge in [0.05, 0.1) is 11.1 Å². The van der Waals surface area contributed by atoms with Crippen molar-refractivity contribution in [1.82, 2.24) is 5.32 Å². The Morgan fingerprint density at radius 2 is 2.06 bits per heavy atom. The molecule has 0 amide bonds. The summed E-state index contributed by atoms with van der Waals surface area (Å²) in [5.74, 6) is -0.124. The average Bonchev–Trinajstić information content (AvgIpc) is 2.40. The van der Waals surface area contributed by atoms with E-state index in [0.29, 0.717) is 15.6 Å². The summed E-state index contributed by atoms with van der Waals surface area (Å²) in [4.78, 5) is 12.0. The summed E-state index contributed by atoms with van der Waals surface area (Å²) in [5, 5.41) is 4.17. The molecule has 1 aliphatic heterocycles. The van der Waals surface area contributed by atoms with Crippen molar-refractivity contribution in [1.29, 1.82) is 0 Å². The van der Waals surface area contributed by atoms with Gasteiger partial charge in [-0.2, -0.15) is 0 Å². The Hall–Kier alpha value is -0.610. The lowest BCUT2D eigenvalue weighted by molar-refractivity contribution is 0.0318. The Bertz CT molecular complexity index is 431. The van der Waals surface area contributed by atoms with Crippen molar-refractivity contribution in [2.75, 3.05) is 19.7 Å². The van der Waals surface area contributed by atoms with Crippen LogP contribution in [-0.2, 0) is 4.74 Å². The van der Waals surface area contributed by atoms with E-state index >= 15 is 0 Å². The number of ketones is 1. The van der Waals surface area contributed by atoms with Gasteiger partial charge in [0.2, 0.25) is 0 Å². The Labute approximate surface area is 116 Å². The van der Waals surface area contributed by atoms with Crippen LogP contribution >= 0.6 is 23.2 Å². The molecule has 1 aromatic rings. The predicted molar refractivity (Wildman–Crippen MR) is 72.6 cm³/mol. The second-order valence-electron chi connectivity index (χ2n) is 4.31. The molecule has 1 N–H and O–H groups in total. The minimum absolute atomic E-state index is 0.0602. The highest BCUT2D eigenvalue weighted by atomic mass is 35.5. The molecule has 2 rings (SSSR count). The summed E-state index contributed by atoms with van der Waals surface area (Å²) in [5.41, 5.74) is 0.429. The van der Waals surface area contributed by atoms with Crippen LogP contribution in [0.1, 0.15) is 23.2 Å². The highest BCUT2D eigenvalue weighted by Gasteiger charge is 2.17. The van der Waals surface area contributed by atoms with E-state index < -0.39 is 0 Å². The Kier molecular flexibility index (Phi) is 5.01. The van der Waals surface area contributed by atoms with E-state index in [4.69, 9.17) is 27.9 Å². The molecule has 0 atom stereocenters. The topological polar surface area (TPSA) is 38.3 Å². The van der Waals surface area contributed by atoms with Gasteiger partial charge in [-0.3, -0.25) is 4.79 Å². The largest absolute Gasteiger partial charge is 0.370 e. The third-order valence-corrected chi connectivity index (χ3v) is 3.53. The summed E-state index contributed by atoms with van der Waals surface area (Å²) >= 11 is 11.8. The van der Waals surface area contributed by atoms with Crippen molar-refractivity contribution in [2.24, 2.45) is 0 Å². The van der Waals surface area contributed by atoms with Crippen molar-refractivity contribution in [2.45, 2.75) is 18.9 Å². The summed E-state index contributed by atoms with van der Waals surface area (Å²) in [7, 11) is 0. The van der Waals surface area contributed by atoms with Gasteiger partial charge in [-0.05, 0) is 44.1 Å². The molecule has 1 heterocycles. The standard InChI is InChI=1S/C13H15Cl2NO2/c14-9-1-2-12(15)11(7-9)13(17)8-18-10-3-5-16-6-4-10/h1-2,7,10,16H,3-6,8H2. The smallest absolute Gasteiger partial charge is 0.190 e. The molecule has 0 bridgehead atoms. The summed E-state index contributed by atoms with van der Waals surface area (Å²) in [6.45, 7) is 1.94. The maximum absolute atomic E-state index is 12.0. The Balaban J connectivity index is 1.92. The number of hydrogen-bond donors (Lipinski definition) is 1. The lowest BCUT2D eigenvalue weighted by Gasteiger charge is -2.22. The van der Waals surface area contributed by atoms with Gasteiger partial charge in [-0.1, -0.05) is 23.2 Å². The summed E-state index contributed by atoms with van der Waals surface area (Å²) < 4.78 is 5.60. The Morgan fingerprint density at radius 1 is 1.33 bits per heavy atom. The first-order valence-electron chi connectivity index (χ1n) is 5.97. The first-order chi connectivity index (χ1) is 8.66. The van der Waals surface area contributed by atoms with Gasteiger partial charge in [0.25, 0.3) is 0 Å². The molecule has 0 saturated carbocycles. The highest BCUT2D eigenvalue weighted by Crippen LogP contribution is 2.21. The number of rotatable bonds is 4. The van der Waals surface area contributed by atoms with Crippen molar-refractivity contribution >= 4 is 29.0 Å². The molecule has 0 unspecified atom stereocenters. The van der Waals surface area contributed by atoms with Crippen molar-refractivity contribution in [3.63, 3.8) is 0 Å². The zero-order chi connectivity index (χ0) is 13.0. The molecule has 0 spiro atoms. The van der Waals surface area contributed by atoms with Gasteiger partial charge < -0.3 is 10.1 Å². The first-order valence-corrected chi connectivity index (χ1v) is 6.73. The number of benzene rings is 1. The predicted octanol–water partition coefficient (Wildman–Crippen LogP) is 2.94. The van der Waals surface area contributed by atoms with E-state index in [9.17, 15) is 4.79 Å². The number of halogens is 2. The third kappa shape index (κ3) is 3.69. The van der Waals surface area contributed by atoms with Gasteiger partial charge in [0.15, 0.2) is 5.78 Å². The molecule has 1 aromatic carbocycles. The molecule has 0 radical (unpaired) electrons. The number of ether oxygens (including phenoxy) is 1. The number of nitrogens with one attached hydrogen (secondary N) is 1. The SMILES string of the molecule is O=C(COC1CCNCC1)c1cc(Cl)ccc1Cl. The van der Waals surface area contributed by atoms with Gasteiger partial charge in [0.1, 0.15) is 6.61 Å². The fourth-order valence-electron chi connectivity index (χ4n) is 1.94. The van der Waals surface area contributed by atoms with Crippen LogP contribution in [0.15, 0.2) is 18.2 Å². The van der Waals surface area contributed by atoms with Crippen LogP contribution in [0.3, 0.4) is 0 Å². The number of piperidine rings is 1. The molecule has 1 fully saturated rings. The van der Waals surface area contributed by atoms with Crippen LogP contribution in [0.5, 0.6) is 0 Å². The zero-order valence-electron chi connectivity index (χ0n) is 9.92. The van der Waals surface area contributed by atoms with Crippen LogP contribution in [-0.4, -0.2) is 31.6 Å². The van der Waals surface area contributed by atoms with Gasteiger partial charge in [-0.15, -0.1) is 0 Å². The Morgan fingerprint density at radius 3 is 2.78 bits per heavy atom. The van der Waals surface area contributed by atoms with Crippen molar-refractivity contribution < 1.29 is 9.53 Å². The maximum atomic E-state index is 12.0. The third-order valence-electron chi connectivity index (χ3n) is 2.97. The highest BCUT2D eigenvalue weighted by molar-refractivity contribution is 6.35. The first kappa shape index (κ1) is 13.8. The minimum atomic E-state index is -0.124. The van der Waals surface area contributed by atoms with E-state index in [1.807, 2.05) is 0 Å². The van der Waals surface area contributed by atoms with E-state index in [0.717, 1.165) is 25.9 Å². The van der Waals surface area contributed by atoms with E-state index in [1.165, 1.54) is 0 Å². The molecular weight excluding hydrogens is 273 g/mol. The normalized spacial score (nSPS) is 16.8.